The van der Waals surface area contributed by atoms with Gasteiger partial charge >= 0.3 is 0 Å². The molecule has 1 aliphatic heterocycles. The number of rotatable bonds is 3. The zero-order valence-electron chi connectivity index (χ0n) is 16.0. The third-order valence-electron chi connectivity index (χ3n) is 5.30. The minimum absolute atomic E-state index is 0.0126. The van der Waals surface area contributed by atoms with E-state index >= 15 is 0 Å². The molecule has 3 N–H and O–H groups in total. The number of pyridine rings is 1. The molecule has 0 atom stereocenters. The molecule has 146 valence electrons. The van der Waals surface area contributed by atoms with Crippen molar-refractivity contribution in [1.29, 1.82) is 0 Å². The maximum Gasteiger partial charge on any atom is 0.272 e. The maximum atomic E-state index is 11.2. The third kappa shape index (κ3) is 3.04. The average Bonchev–Trinajstić information content (AvgIpc) is 2.78. The van der Waals surface area contributed by atoms with Crippen LogP contribution in [0.5, 0.6) is 0 Å². The summed E-state index contributed by atoms with van der Waals surface area (Å²) in [5.74, 6) is 0. The van der Waals surface area contributed by atoms with E-state index < -0.39 is 4.92 Å². The van der Waals surface area contributed by atoms with E-state index in [0.717, 1.165) is 51.0 Å². The SMILES string of the molecule is Nc1cc(-c2ccc(-c3cc4cccnc4c4c3C=CCN4)cc2)cc([N+](=O)[O-])c1. The lowest BCUT2D eigenvalue weighted by molar-refractivity contribution is -0.384. The Morgan fingerprint density at radius 2 is 1.80 bits per heavy atom. The minimum atomic E-state index is -0.428. The highest BCUT2D eigenvalue weighted by molar-refractivity contribution is 6.02. The first-order chi connectivity index (χ1) is 14.6. The van der Waals surface area contributed by atoms with Crippen LogP contribution >= 0.6 is 0 Å². The summed E-state index contributed by atoms with van der Waals surface area (Å²) < 4.78 is 0. The van der Waals surface area contributed by atoms with E-state index in [0.29, 0.717) is 5.69 Å². The fourth-order valence-electron chi connectivity index (χ4n) is 3.92. The number of nitrogens with zero attached hydrogens (tertiary/aromatic N) is 2. The van der Waals surface area contributed by atoms with Gasteiger partial charge in [-0.1, -0.05) is 42.5 Å². The Labute approximate surface area is 172 Å². The number of fused-ring (bicyclic) bond motifs is 3. The first-order valence-electron chi connectivity index (χ1n) is 9.58. The van der Waals surface area contributed by atoms with Gasteiger partial charge in [-0.05, 0) is 40.5 Å². The second-order valence-electron chi connectivity index (χ2n) is 7.22. The normalized spacial score (nSPS) is 12.4. The van der Waals surface area contributed by atoms with Crippen LogP contribution in [0.3, 0.4) is 0 Å². The highest BCUT2D eigenvalue weighted by Gasteiger charge is 2.16. The number of aromatic nitrogens is 1. The van der Waals surface area contributed by atoms with Crippen LogP contribution in [0.1, 0.15) is 5.56 Å². The molecule has 3 aromatic carbocycles. The van der Waals surface area contributed by atoms with E-state index in [-0.39, 0.29) is 5.69 Å². The molecule has 0 fully saturated rings. The Bertz CT molecular complexity index is 1330. The van der Waals surface area contributed by atoms with Gasteiger partial charge in [0.2, 0.25) is 0 Å². The minimum Gasteiger partial charge on any atom is -0.399 e. The zero-order valence-corrected chi connectivity index (χ0v) is 16.0. The number of anilines is 2. The molecule has 0 saturated heterocycles. The summed E-state index contributed by atoms with van der Waals surface area (Å²) in [6, 6.07) is 18.8. The van der Waals surface area contributed by atoms with Crippen molar-refractivity contribution < 1.29 is 4.92 Å². The van der Waals surface area contributed by atoms with Crippen molar-refractivity contribution >= 4 is 34.0 Å². The second kappa shape index (κ2) is 7.00. The standard InChI is InChI=1S/C24H18N4O2/c25-19-11-18(12-20(14-19)28(29)30)15-5-7-16(8-6-15)22-13-17-3-1-9-26-23(17)24-21(22)4-2-10-27-24/h1-9,11-14,27H,10,25H2. The number of nitrogens with one attached hydrogen (secondary N) is 1. The van der Waals surface area contributed by atoms with Crippen LogP contribution in [0.25, 0.3) is 39.2 Å². The molecule has 0 bridgehead atoms. The summed E-state index contributed by atoms with van der Waals surface area (Å²) >= 11 is 0. The highest BCUT2D eigenvalue weighted by Crippen LogP contribution is 2.38. The summed E-state index contributed by atoms with van der Waals surface area (Å²) in [6.07, 6.45) is 6.03. The summed E-state index contributed by atoms with van der Waals surface area (Å²) in [7, 11) is 0. The summed E-state index contributed by atoms with van der Waals surface area (Å²) in [5.41, 5.74) is 13.1. The van der Waals surface area contributed by atoms with E-state index in [1.807, 2.05) is 36.5 Å². The summed E-state index contributed by atoms with van der Waals surface area (Å²) in [5, 5.41) is 15.7. The second-order valence-corrected chi connectivity index (χ2v) is 7.22. The zero-order chi connectivity index (χ0) is 20.7. The molecule has 1 aliphatic rings. The Balaban J connectivity index is 1.61. The monoisotopic (exact) mass is 394 g/mol. The van der Waals surface area contributed by atoms with Gasteiger partial charge in [0, 0.05) is 41.5 Å². The van der Waals surface area contributed by atoms with Crippen LogP contribution in [0.4, 0.5) is 17.1 Å². The molecule has 6 heteroatoms. The molecule has 0 radical (unpaired) electrons. The van der Waals surface area contributed by atoms with Crippen molar-refractivity contribution in [3.63, 3.8) is 0 Å². The fourth-order valence-corrected chi connectivity index (χ4v) is 3.92. The van der Waals surface area contributed by atoms with Gasteiger partial charge in [0.05, 0.1) is 16.1 Å². The largest absolute Gasteiger partial charge is 0.399 e. The van der Waals surface area contributed by atoms with Gasteiger partial charge in [-0.15, -0.1) is 0 Å². The van der Waals surface area contributed by atoms with Crippen molar-refractivity contribution in [2.75, 3.05) is 17.6 Å². The van der Waals surface area contributed by atoms with Crippen LogP contribution in [0, 0.1) is 10.1 Å². The molecular formula is C24H18N4O2. The van der Waals surface area contributed by atoms with Crippen molar-refractivity contribution in [3.8, 4) is 22.3 Å². The van der Waals surface area contributed by atoms with Crippen LogP contribution in [0.2, 0.25) is 0 Å². The third-order valence-corrected chi connectivity index (χ3v) is 5.30. The number of nitrogen functional groups attached to an aromatic ring is 1. The molecule has 2 heterocycles. The van der Waals surface area contributed by atoms with E-state index in [9.17, 15) is 10.1 Å². The lowest BCUT2D eigenvalue weighted by Gasteiger charge is -2.19. The average molecular weight is 394 g/mol. The lowest BCUT2D eigenvalue weighted by atomic mass is 9.92. The summed E-state index contributed by atoms with van der Waals surface area (Å²) in [4.78, 5) is 15.3. The molecule has 5 rings (SSSR count). The first kappa shape index (κ1) is 17.9. The molecule has 0 aliphatic carbocycles. The Morgan fingerprint density at radius 1 is 1.00 bits per heavy atom. The van der Waals surface area contributed by atoms with Crippen molar-refractivity contribution in [2.24, 2.45) is 0 Å². The van der Waals surface area contributed by atoms with Crippen LogP contribution < -0.4 is 11.1 Å². The molecule has 4 aromatic rings. The maximum absolute atomic E-state index is 11.2. The van der Waals surface area contributed by atoms with E-state index in [1.165, 1.54) is 6.07 Å². The van der Waals surface area contributed by atoms with Crippen molar-refractivity contribution in [1.82, 2.24) is 4.98 Å². The highest BCUT2D eigenvalue weighted by atomic mass is 16.6. The molecule has 30 heavy (non-hydrogen) atoms. The van der Waals surface area contributed by atoms with Crippen LogP contribution in [-0.2, 0) is 0 Å². The number of non-ortho nitro benzene ring substituents is 1. The van der Waals surface area contributed by atoms with Gasteiger partial charge in [-0.3, -0.25) is 15.1 Å². The number of hydrogen-bond acceptors (Lipinski definition) is 5. The van der Waals surface area contributed by atoms with Crippen molar-refractivity contribution in [3.05, 3.63) is 88.6 Å². The number of benzene rings is 3. The van der Waals surface area contributed by atoms with Gasteiger partial charge in [0.25, 0.3) is 5.69 Å². The first-order valence-corrected chi connectivity index (χ1v) is 9.58. The number of hydrogen-bond donors (Lipinski definition) is 2. The van der Waals surface area contributed by atoms with E-state index in [4.69, 9.17) is 5.73 Å². The quantitative estimate of drug-likeness (QED) is 0.272. The van der Waals surface area contributed by atoms with Gasteiger partial charge in [-0.2, -0.15) is 0 Å². The van der Waals surface area contributed by atoms with Gasteiger partial charge in [0.15, 0.2) is 0 Å². The molecule has 6 nitrogen and oxygen atoms in total. The van der Waals surface area contributed by atoms with Crippen molar-refractivity contribution in [2.45, 2.75) is 0 Å². The number of nitrogens with two attached hydrogens (primary N) is 1. The Morgan fingerprint density at radius 3 is 2.60 bits per heavy atom. The van der Waals surface area contributed by atoms with Crippen LogP contribution in [-0.4, -0.2) is 16.5 Å². The Hall–Kier alpha value is -4.19. The van der Waals surface area contributed by atoms with Gasteiger partial charge in [-0.25, -0.2) is 0 Å². The molecule has 0 unspecified atom stereocenters. The summed E-state index contributed by atoms with van der Waals surface area (Å²) in [6.45, 7) is 0.773. The topological polar surface area (TPSA) is 94.1 Å². The molecule has 0 amide bonds. The molecule has 0 spiro atoms. The predicted molar refractivity (Wildman–Crippen MR) is 121 cm³/mol. The lowest BCUT2D eigenvalue weighted by Crippen LogP contribution is -2.07. The van der Waals surface area contributed by atoms with E-state index in [2.05, 4.69) is 34.6 Å². The smallest absolute Gasteiger partial charge is 0.272 e. The molecule has 0 saturated carbocycles. The number of nitro groups is 1. The molecular weight excluding hydrogens is 376 g/mol. The van der Waals surface area contributed by atoms with Gasteiger partial charge < -0.3 is 11.1 Å². The van der Waals surface area contributed by atoms with Gasteiger partial charge in [0.1, 0.15) is 0 Å². The predicted octanol–water partition coefficient (Wildman–Crippen LogP) is 5.50. The number of nitro benzene ring substituents is 1. The molecule has 1 aromatic heterocycles. The Kier molecular flexibility index (Phi) is 4.17. The van der Waals surface area contributed by atoms with E-state index in [1.54, 1.807) is 12.1 Å². The fraction of sp³-hybridized carbons (Fsp3) is 0.0417. The van der Waals surface area contributed by atoms with Crippen LogP contribution in [0.15, 0.2) is 72.9 Å².